The second-order valence-electron chi connectivity index (χ2n) is 2.41. The van der Waals surface area contributed by atoms with Gasteiger partial charge in [0.05, 0.1) is 17.1 Å². The predicted octanol–water partition coefficient (Wildman–Crippen LogP) is 1.07. The van der Waals surface area contributed by atoms with E-state index in [4.69, 9.17) is 17.3 Å². The first kappa shape index (κ1) is 7.52. The number of pyridine rings is 1. The van der Waals surface area contributed by atoms with Gasteiger partial charge in [-0.2, -0.15) is 0 Å². The number of hydrogen-bond acceptors (Lipinski definition) is 3. The standard InChI is InChI=1S/C7H7ClN4/c8-4-1-5-7(10-3-4)12-6(2-9)11-5/h1,3H,2,9H2,(H,10,11,12). The second-order valence-corrected chi connectivity index (χ2v) is 2.85. The van der Waals surface area contributed by atoms with Crippen molar-refractivity contribution in [2.45, 2.75) is 6.54 Å². The molecule has 0 aliphatic rings. The molecule has 0 aliphatic carbocycles. The van der Waals surface area contributed by atoms with Gasteiger partial charge in [0.1, 0.15) is 5.82 Å². The molecule has 4 nitrogen and oxygen atoms in total. The quantitative estimate of drug-likeness (QED) is 0.693. The lowest BCUT2D eigenvalue weighted by Crippen LogP contribution is -1.97. The van der Waals surface area contributed by atoms with Crippen molar-refractivity contribution in [2.75, 3.05) is 0 Å². The van der Waals surface area contributed by atoms with Crippen LogP contribution in [-0.4, -0.2) is 15.0 Å². The topological polar surface area (TPSA) is 67.6 Å². The second kappa shape index (κ2) is 2.73. The highest BCUT2D eigenvalue weighted by atomic mass is 35.5. The summed E-state index contributed by atoms with van der Waals surface area (Å²) in [4.78, 5) is 11.1. The summed E-state index contributed by atoms with van der Waals surface area (Å²) in [5, 5.41) is 0.592. The number of nitrogens with one attached hydrogen (secondary N) is 1. The molecule has 0 fully saturated rings. The molecular formula is C7H7ClN4. The van der Waals surface area contributed by atoms with E-state index < -0.39 is 0 Å². The van der Waals surface area contributed by atoms with Crippen LogP contribution in [0.3, 0.4) is 0 Å². The van der Waals surface area contributed by atoms with E-state index in [0.717, 1.165) is 11.3 Å². The van der Waals surface area contributed by atoms with E-state index in [-0.39, 0.29) is 0 Å². The molecule has 0 saturated heterocycles. The van der Waals surface area contributed by atoms with Crippen LogP contribution in [0.1, 0.15) is 5.82 Å². The molecule has 62 valence electrons. The molecule has 2 aromatic rings. The lowest BCUT2D eigenvalue weighted by atomic mass is 10.4. The van der Waals surface area contributed by atoms with Gasteiger partial charge in [0, 0.05) is 6.20 Å². The summed E-state index contributed by atoms with van der Waals surface area (Å²) in [6.45, 7) is 0.383. The molecule has 0 atom stereocenters. The van der Waals surface area contributed by atoms with Gasteiger partial charge in [0.2, 0.25) is 0 Å². The Morgan fingerprint density at radius 1 is 1.58 bits per heavy atom. The van der Waals surface area contributed by atoms with Crippen molar-refractivity contribution in [3.8, 4) is 0 Å². The Balaban J connectivity index is 2.67. The number of H-pyrrole nitrogens is 1. The van der Waals surface area contributed by atoms with Crippen LogP contribution in [0, 0.1) is 0 Å². The maximum atomic E-state index is 5.73. The zero-order valence-electron chi connectivity index (χ0n) is 6.21. The molecular weight excluding hydrogens is 176 g/mol. The molecule has 0 bridgehead atoms. The number of imidazole rings is 1. The molecule has 0 unspecified atom stereocenters. The normalized spacial score (nSPS) is 10.8. The third kappa shape index (κ3) is 1.15. The van der Waals surface area contributed by atoms with E-state index in [9.17, 15) is 0 Å². The monoisotopic (exact) mass is 182 g/mol. The van der Waals surface area contributed by atoms with Crippen LogP contribution in [0.2, 0.25) is 5.02 Å². The summed E-state index contributed by atoms with van der Waals surface area (Å²) >= 11 is 5.73. The van der Waals surface area contributed by atoms with Crippen molar-refractivity contribution in [2.24, 2.45) is 5.73 Å². The minimum absolute atomic E-state index is 0.383. The van der Waals surface area contributed by atoms with Gasteiger partial charge in [-0.3, -0.25) is 0 Å². The highest BCUT2D eigenvalue weighted by molar-refractivity contribution is 6.30. The summed E-state index contributed by atoms with van der Waals surface area (Å²) in [6, 6.07) is 1.77. The fourth-order valence-corrected chi connectivity index (χ4v) is 1.18. The van der Waals surface area contributed by atoms with Gasteiger partial charge in [-0.15, -0.1) is 0 Å². The average molecular weight is 183 g/mol. The van der Waals surface area contributed by atoms with Gasteiger partial charge >= 0.3 is 0 Å². The first-order valence-electron chi connectivity index (χ1n) is 3.50. The summed E-state index contributed by atoms with van der Waals surface area (Å²) in [5.41, 5.74) is 6.87. The van der Waals surface area contributed by atoms with E-state index in [1.807, 2.05) is 0 Å². The molecule has 0 spiro atoms. The highest BCUT2D eigenvalue weighted by Gasteiger charge is 2.01. The molecule has 3 N–H and O–H groups in total. The number of rotatable bonds is 1. The Kier molecular flexibility index (Phi) is 1.71. The smallest absolute Gasteiger partial charge is 0.177 e. The maximum Gasteiger partial charge on any atom is 0.177 e. The van der Waals surface area contributed by atoms with Gasteiger partial charge in [0.15, 0.2) is 5.65 Å². The van der Waals surface area contributed by atoms with Crippen molar-refractivity contribution in [1.29, 1.82) is 0 Å². The Morgan fingerprint density at radius 3 is 3.17 bits per heavy atom. The molecule has 2 heterocycles. The summed E-state index contributed by atoms with van der Waals surface area (Å²) < 4.78 is 0. The number of fused-ring (bicyclic) bond motifs is 1. The van der Waals surface area contributed by atoms with E-state index in [0.29, 0.717) is 17.2 Å². The van der Waals surface area contributed by atoms with E-state index in [1.54, 1.807) is 12.3 Å². The van der Waals surface area contributed by atoms with Crippen LogP contribution in [0.25, 0.3) is 11.2 Å². The Bertz CT molecular complexity index is 409. The minimum atomic E-state index is 0.383. The van der Waals surface area contributed by atoms with Crippen LogP contribution in [0.15, 0.2) is 12.3 Å². The highest BCUT2D eigenvalue weighted by Crippen LogP contribution is 2.13. The molecule has 0 amide bonds. The van der Waals surface area contributed by atoms with Crippen LogP contribution >= 0.6 is 11.6 Å². The maximum absolute atomic E-state index is 5.73. The van der Waals surface area contributed by atoms with Crippen LogP contribution in [0.4, 0.5) is 0 Å². The number of nitrogens with zero attached hydrogens (tertiary/aromatic N) is 2. The van der Waals surface area contributed by atoms with E-state index in [2.05, 4.69) is 15.0 Å². The Morgan fingerprint density at radius 2 is 2.42 bits per heavy atom. The summed E-state index contributed by atoms with van der Waals surface area (Å²) in [5.74, 6) is 0.722. The fraction of sp³-hybridized carbons (Fsp3) is 0.143. The number of aromatic amines is 1. The van der Waals surface area contributed by atoms with Gasteiger partial charge in [-0.1, -0.05) is 11.6 Å². The van der Waals surface area contributed by atoms with Crippen LogP contribution < -0.4 is 5.73 Å². The molecule has 0 aromatic carbocycles. The van der Waals surface area contributed by atoms with Gasteiger partial charge < -0.3 is 10.7 Å². The lowest BCUT2D eigenvalue weighted by Gasteiger charge is -1.86. The molecule has 0 saturated carbocycles. The van der Waals surface area contributed by atoms with Crippen molar-refractivity contribution in [3.05, 3.63) is 23.1 Å². The Hall–Kier alpha value is -1.13. The third-order valence-corrected chi connectivity index (χ3v) is 1.75. The number of nitrogens with two attached hydrogens (primary N) is 1. The lowest BCUT2D eigenvalue weighted by molar-refractivity contribution is 0.956. The van der Waals surface area contributed by atoms with E-state index >= 15 is 0 Å². The molecule has 0 aliphatic heterocycles. The van der Waals surface area contributed by atoms with E-state index in [1.165, 1.54) is 0 Å². The van der Waals surface area contributed by atoms with Gasteiger partial charge in [0.25, 0.3) is 0 Å². The average Bonchev–Trinajstić information content (AvgIpc) is 2.46. The first-order valence-corrected chi connectivity index (χ1v) is 3.87. The van der Waals surface area contributed by atoms with Gasteiger partial charge in [-0.05, 0) is 6.07 Å². The number of hydrogen-bond donors (Lipinski definition) is 2. The molecule has 0 radical (unpaired) electrons. The summed E-state index contributed by atoms with van der Waals surface area (Å²) in [7, 11) is 0. The summed E-state index contributed by atoms with van der Waals surface area (Å²) in [6.07, 6.45) is 1.56. The van der Waals surface area contributed by atoms with Crippen molar-refractivity contribution >= 4 is 22.8 Å². The number of aromatic nitrogens is 3. The fourth-order valence-electron chi connectivity index (χ4n) is 1.02. The molecule has 2 rings (SSSR count). The SMILES string of the molecule is NCc1nc2ncc(Cl)cc2[nH]1. The van der Waals surface area contributed by atoms with Crippen LogP contribution in [0.5, 0.6) is 0 Å². The van der Waals surface area contributed by atoms with Crippen LogP contribution in [-0.2, 0) is 6.54 Å². The zero-order chi connectivity index (χ0) is 8.55. The minimum Gasteiger partial charge on any atom is -0.339 e. The number of halogens is 1. The van der Waals surface area contributed by atoms with Gasteiger partial charge in [-0.25, -0.2) is 9.97 Å². The molecule has 2 aromatic heterocycles. The first-order chi connectivity index (χ1) is 5.79. The molecule has 5 heteroatoms. The predicted molar refractivity (Wildman–Crippen MR) is 46.8 cm³/mol. The zero-order valence-corrected chi connectivity index (χ0v) is 6.97. The molecule has 12 heavy (non-hydrogen) atoms. The Labute approximate surface area is 73.8 Å². The van der Waals surface area contributed by atoms with Crippen molar-refractivity contribution in [3.63, 3.8) is 0 Å². The third-order valence-electron chi connectivity index (χ3n) is 1.55. The van der Waals surface area contributed by atoms with Crippen molar-refractivity contribution < 1.29 is 0 Å². The van der Waals surface area contributed by atoms with Crippen molar-refractivity contribution in [1.82, 2.24) is 15.0 Å². The largest absolute Gasteiger partial charge is 0.339 e.